The third kappa shape index (κ3) is 6.39. The van der Waals surface area contributed by atoms with Crippen molar-refractivity contribution in [1.29, 1.82) is 0 Å². The highest BCUT2D eigenvalue weighted by Crippen LogP contribution is 2.54. The minimum Gasteiger partial charge on any atom is -0.310 e. The molecule has 0 radical (unpaired) electrons. The average molecular weight is 828 g/mol. The molecule has 0 spiro atoms. The van der Waals surface area contributed by atoms with E-state index in [2.05, 4.69) is 267 Å². The lowest BCUT2D eigenvalue weighted by atomic mass is 9.74. The maximum Gasteiger partial charge on any atom is 0.0540 e. The number of benzene rings is 11. The maximum absolute atomic E-state index is 2.46. The summed E-state index contributed by atoms with van der Waals surface area (Å²) in [4.78, 5) is 2.46. The second-order valence-corrected chi connectivity index (χ2v) is 17.3. The highest BCUT2D eigenvalue weighted by atomic mass is 15.1. The van der Waals surface area contributed by atoms with Crippen LogP contribution in [0.3, 0.4) is 0 Å². The number of fused-ring (bicyclic) bond motifs is 6. The fourth-order valence-electron chi connectivity index (χ4n) is 10.7. The molecule has 1 heteroatoms. The Morgan fingerprint density at radius 3 is 1.46 bits per heavy atom. The number of hydrogen-bond acceptors (Lipinski definition) is 1. The van der Waals surface area contributed by atoms with E-state index in [9.17, 15) is 0 Å². The van der Waals surface area contributed by atoms with E-state index in [0.717, 1.165) is 28.2 Å². The largest absolute Gasteiger partial charge is 0.310 e. The second-order valence-electron chi connectivity index (χ2n) is 17.3. The Labute approximate surface area is 381 Å². The van der Waals surface area contributed by atoms with Crippen molar-refractivity contribution in [2.75, 3.05) is 4.90 Å². The molecule has 0 saturated heterocycles. The lowest BCUT2D eigenvalue weighted by molar-refractivity contribution is 0.714. The summed E-state index contributed by atoms with van der Waals surface area (Å²) in [5.41, 5.74) is 19.2. The van der Waals surface area contributed by atoms with E-state index in [1.807, 2.05) is 0 Å². The lowest BCUT2D eigenvalue weighted by Crippen LogP contribution is -2.22. The predicted molar refractivity (Wildman–Crippen MR) is 275 cm³/mol. The zero-order valence-electron chi connectivity index (χ0n) is 36.2. The van der Waals surface area contributed by atoms with Crippen LogP contribution in [0.1, 0.15) is 23.6 Å². The van der Waals surface area contributed by atoms with Gasteiger partial charge in [-0.2, -0.15) is 0 Å². The van der Waals surface area contributed by atoms with E-state index in [4.69, 9.17) is 0 Å². The van der Waals surface area contributed by atoms with Gasteiger partial charge in [0.2, 0.25) is 0 Å². The van der Waals surface area contributed by atoms with Crippen molar-refractivity contribution in [3.63, 3.8) is 0 Å². The first-order chi connectivity index (χ1) is 32.1. The highest BCUT2D eigenvalue weighted by molar-refractivity contribution is 6.22. The van der Waals surface area contributed by atoms with Crippen molar-refractivity contribution in [2.24, 2.45) is 0 Å². The van der Waals surface area contributed by atoms with Gasteiger partial charge in [-0.1, -0.05) is 218 Å². The number of rotatable bonds is 8. The van der Waals surface area contributed by atoms with Crippen LogP contribution in [-0.2, 0) is 5.41 Å². The minimum atomic E-state index is -0.282. The molecular weight excluding hydrogens is 783 g/mol. The van der Waals surface area contributed by atoms with Crippen LogP contribution < -0.4 is 4.90 Å². The Bertz CT molecular complexity index is 3520. The summed E-state index contributed by atoms with van der Waals surface area (Å²) in [6.07, 6.45) is 0. The molecule has 0 N–H and O–H groups in total. The van der Waals surface area contributed by atoms with Gasteiger partial charge in [-0.15, -0.1) is 0 Å². The van der Waals surface area contributed by atoms with Gasteiger partial charge in [-0.25, -0.2) is 0 Å². The van der Waals surface area contributed by atoms with Crippen LogP contribution in [0.25, 0.3) is 77.2 Å². The summed E-state index contributed by atoms with van der Waals surface area (Å²) in [7, 11) is 0. The monoisotopic (exact) mass is 827 g/mol. The molecule has 0 aliphatic heterocycles. The van der Waals surface area contributed by atoms with Crippen molar-refractivity contribution in [2.45, 2.75) is 12.3 Å². The third-order valence-corrected chi connectivity index (χ3v) is 13.7. The maximum atomic E-state index is 2.46. The highest BCUT2D eigenvalue weighted by Gasteiger charge is 2.41. The fourth-order valence-corrected chi connectivity index (χ4v) is 10.7. The summed E-state index contributed by atoms with van der Waals surface area (Å²) in [6.45, 7) is 2.39. The van der Waals surface area contributed by atoms with Gasteiger partial charge in [0.1, 0.15) is 0 Å². The molecule has 1 atom stereocenters. The van der Waals surface area contributed by atoms with Gasteiger partial charge in [-0.05, 0) is 132 Å². The van der Waals surface area contributed by atoms with E-state index in [1.54, 1.807) is 0 Å². The predicted octanol–water partition coefficient (Wildman–Crippen LogP) is 17.5. The zero-order chi connectivity index (χ0) is 43.3. The Morgan fingerprint density at radius 1 is 0.292 bits per heavy atom. The second kappa shape index (κ2) is 15.8. The van der Waals surface area contributed by atoms with Crippen LogP contribution in [0.5, 0.6) is 0 Å². The fraction of sp³-hybridized carbons (Fsp3) is 0.0312. The first kappa shape index (κ1) is 38.4. The molecule has 65 heavy (non-hydrogen) atoms. The molecule has 12 rings (SSSR count). The molecule has 11 aromatic rings. The molecule has 0 saturated carbocycles. The van der Waals surface area contributed by atoms with Crippen LogP contribution in [-0.4, -0.2) is 0 Å². The summed E-state index contributed by atoms with van der Waals surface area (Å²) < 4.78 is 0. The smallest absolute Gasteiger partial charge is 0.0540 e. The van der Waals surface area contributed by atoms with Crippen LogP contribution in [0.2, 0.25) is 0 Å². The van der Waals surface area contributed by atoms with Gasteiger partial charge >= 0.3 is 0 Å². The summed E-state index contributed by atoms with van der Waals surface area (Å²) >= 11 is 0. The topological polar surface area (TPSA) is 3.24 Å². The minimum absolute atomic E-state index is 0.282. The molecular formula is C64H45N. The van der Waals surface area contributed by atoms with E-state index >= 15 is 0 Å². The summed E-state index contributed by atoms with van der Waals surface area (Å²) in [5.74, 6) is 0. The van der Waals surface area contributed by atoms with Gasteiger partial charge in [0.15, 0.2) is 0 Å². The molecule has 0 bridgehead atoms. The Kier molecular flexibility index (Phi) is 9.35. The molecule has 306 valence electrons. The Morgan fingerprint density at radius 2 is 0.769 bits per heavy atom. The van der Waals surface area contributed by atoms with Gasteiger partial charge < -0.3 is 4.90 Å². The quantitative estimate of drug-likeness (QED) is 0.138. The van der Waals surface area contributed by atoms with Crippen LogP contribution in [0.15, 0.2) is 255 Å². The number of para-hydroxylation sites is 1. The first-order valence-electron chi connectivity index (χ1n) is 22.6. The van der Waals surface area contributed by atoms with Crippen molar-refractivity contribution in [3.8, 4) is 55.6 Å². The van der Waals surface area contributed by atoms with E-state index in [1.165, 1.54) is 82.7 Å². The third-order valence-electron chi connectivity index (χ3n) is 13.7. The van der Waals surface area contributed by atoms with Gasteiger partial charge in [-0.3, -0.25) is 0 Å². The molecule has 0 heterocycles. The first-order valence-corrected chi connectivity index (χ1v) is 22.6. The van der Waals surface area contributed by atoms with E-state index in [0.29, 0.717) is 0 Å². The SMILES string of the molecule is CC1(c2ccccc2)c2ccccc2-c2cc(N(c3ccc(-c4ccccc4)cc3)c3ccccc3-c3ccc4c(c3)c(-c3ccccc3)c(-c3ccccc3)c3ccccc34)ccc21. The van der Waals surface area contributed by atoms with Crippen LogP contribution in [0.4, 0.5) is 17.1 Å². The summed E-state index contributed by atoms with van der Waals surface area (Å²) in [6, 6.07) is 93.6. The summed E-state index contributed by atoms with van der Waals surface area (Å²) in [5, 5.41) is 4.98. The molecule has 0 amide bonds. The van der Waals surface area contributed by atoms with Crippen molar-refractivity contribution in [1.82, 2.24) is 0 Å². The van der Waals surface area contributed by atoms with Gasteiger partial charge in [0.05, 0.1) is 5.69 Å². The normalized spacial score (nSPS) is 14.0. The Hall–Kier alpha value is -8.26. The Balaban J connectivity index is 1.09. The molecule has 0 aromatic heterocycles. The van der Waals surface area contributed by atoms with Crippen molar-refractivity contribution < 1.29 is 0 Å². The molecule has 0 fully saturated rings. The average Bonchev–Trinajstić information content (AvgIpc) is 3.65. The number of hydrogen-bond donors (Lipinski definition) is 0. The van der Waals surface area contributed by atoms with E-state index in [-0.39, 0.29) is 5.41 Å². The number of anilines is 3. The molecule has 1 unspecified atom stereocenters. The lowest BCUT2D eigenvalue weighted by Gasteiger charge is -2.30. The van der Waals surface area contributed by atoms with Crippen molar-refractivity contribution in [3.05, 3.63) is 271 Å². The zero-order valence-corrected chi connectivity index (χ0v) is 36.2. The molecule has 11 aromatic carbocycles. The molecule has 1 aliphatic rings. The van der Waals surface area contributed by atoms with E-state index < -0.39 is 0 Å². The van der Waals surface area contributed by atoms with Gasteiger partial charge in [0.25, 0.3) is 0 Å². The molecule has 1 aliphatic carbocycles. The number of nitrogens with zero attached hydrogens (tertiary/aromatic N) is 1. The van der Waals surface area contributed by atoms with Crippen LogP contribution >= 0.6 is 0 Å². The van der Waals surface area contributed by atoms with Crippen molar-refractivity contribution >= 4 is 38.6 Å². The standard InChI is InChI=1S/C64H45N/c1-64(49-26-12-5-13-27-49)59-32-18-16-30-55(59)57-43-51(39-41-60(57)64)65(50-37-34-45(35-38-50)44-20-6-2-7-21-44)61-33-19-17-28-52(61)48-36-40-54-53-29-14-15-31-56(53)62(46-22-8-3-9-23-46)63(58(54)42-48)47-24-10-4-11-25-47/h2-43H,1H3. The van der Waals surface area contributed by atoms with Crippen LogP contribution in [0, 0.1) is 0 Å². The van der Waals surface area contributed by atoms with Gasteiger partial charge in [0, 0.05) is 22.4 Å². The molecule has 1 nitrogen and oxygen atoms in total.